The molecular formula is C9H12O3S. The van der Waals surface area contributed by atoms with Crippen LogP contribution in [0, 0.1) is 0 Å². The normalized spacial score (nSPS) is 9.69. The Kier molecular flexibility index (Phi) is 3.76. The van der Waals surface area contributed by atoms with Gasteiger partial charge in [0.2, 0.25) is 0 Å². The summed E-state index contributed by atoms with van der Waals surface area (Å²) in [6, 6.07) is 1.70. The van der Waals surface area contributed by atoms with Crippen LogP contribution < -0.4 is 4.74 Å². The van der Waals surface area contributed by atoms with Crippen LogP contribution in [-0.4, -0.2) is 19.2 Å². The second-order valence-corrected chi connectivity index (χ2v) is 3.21. The van der Waals surface area contributed by atoms with Crippen LogP contribution in [0.1, 0.15) is 23.5 Å². The third kappa shape index (κ3) is 2.73. The van der Waals surface area contributed by atoms with Crippen molar-refractivity contribution < 1.29 is 14.3 Å². The molecule has 0 spiro atoms. The predicted octanol–water partition coefficient (Wildman–Crippen LogP) is 2.32. The molecule has 0 aliphatic rings. The summed E-state index contributed by atoms with van der Waals surface area (Å²) in [5.74, 6) is 0.453. The lowest BCUT2D eigenvalue weighted by Gasteiger charge is -1.97. The maximum atomic E-state index is 11.2. The van der Waals surface area contributed by atoms with Crippen molar-refractivity contribution in [1.29, 1.82) is 0 Å². The van der Waals surface area contributed by atoms with Gasteiger partial charge in [-0.3, -0.25) is 0 Å². The molecule has 0 radical (unpaired) electrons. The number of hydrogen-bond donors (Lipinski definition) is 0. The maximum Gasteiger partial charge on any atom is 0.348 e. The number of carbonyl (C=O) groups is 1. The first-order chi connectivity index (χ1) is 6.27. The minimum atomic E-state index is -0.279. The zero-order valence-electron chi connectivity index (χ0n) is 7.70. The molecule has 13 heavy (non-hydrogen) atoms. The second kappa shape index (κ2) is 4.87. The fourth-order valence-electron chi connectivity index (χ4n) is 0.870. The van der Waals surface area contributed by atoms with Gasteiger partial charge in [-0.05, 0) is 13.8 Å². The van der Waals surface area contributed by atoms with Crippen molar-refractivity contribution >= 4 is 17.3 Å². The molecule has 1 aromatic heterocycles. The predicted molar refractivity (Wildman–Crippen MR) is 51.4 cm³/mol. The van der Waals surface area contributed by atoms with Gasteiger partial charge in [0, 0.05) is 11.4 Å². The van der Waals surface area contributed by atoms with E-state index in [0.717, 1.165) is 5.75 Å². The van der Waals surface area contributed by atoms with E-state index in [1.54, 1.807) is 18.4 Å². The Morgan fingerprint density at radius 1 is 1.46 bits per heavy atom. The standard InChI is InChI=1S/C9H12O3S/c1-3-11-7-5-8(13-6-7)9(10)12-4-2/h5-6H,3-4H2,1-2H3. The highest BCUT2D eigenvalue weighted by atomic mass is 32.1. The Morgan fingerprint density at radius 3 is 2.85 bits per heavy atom. The molecule has 0 unspecified atom stereocenters. The molecule has 0 saturated carbocycles. The molecular weight excluding hydrogens is 188 g/mol. The number of hydrogen-bond acceptors (Lipinski definition) is 4. The van der Waals surface area contributed by atoms with Gasteiger partial charge in [-0.2, -0.15) is 0 Å². The highest BCUT2D eigenvalue weighted by Crippen LogP contribution is 2.22. The molecule has 0 N–H and O–H groups in total. The summed E-state index contributed by atoms with van der Waals surface area (Å²) in [6.07, 6.45) is 0. The average molecular weight is 200 g/mol. The van der Waals surface area contributed by atoms with Gasteiger partial charge in [0.05, 0.1) is 13.2 Å². The molecule has 1 heterocycles. The van der Waals surface area contributed by atoms with Gasteiger partial charge in [-0.15, -0.1) is 11.3 Å². The molecule has 3 nitrogen and oxygen atoms in total. The smallest absolute Gasteiger partial charge is 0.348 e. The average Bonchev–Trinajstić information content (AvgIpc) is 2.54. The quantitative estimate of drug-likeness (QED) is 0.700. The van der Waals surface area contributed by atoms with Crippen molar-refractivity contribution in [2.45, 2.75) is 13.8 Å². The maximum absolute atomic E-state index is 11.2. The van der Waals surface area contributed by atoms with Gasteiger partial charge in [0.15, 0.2) is 0 Å². The van der Waals surface area contributed by atoms with E-state index in [1.807, 2.05) is 6.92 Å². The first-order valence-corrected chi connectivity index (χ1v) is 5.04. The molecule has 1 rings (SSSR count). The van der Waals surface area contributed by atoms with Crippen LogP contribution in [0.15, 0.2) is 11.4 Å². The third-order valence-corrected chi connectivity index (χ3v) is 2.25. The highest BCUT2D eigenvalue weighted by molar-refractivity contribution is 7.12. The van der Waals surface area contributed by atoms with Crippen LogP contribution in [0.5, 0.6) is 5.75 Å². The topological polar surface area (TPSA) is 35.5 Å². The molecule has 72 valence electrons. The minimum Gasteiger partial charge on any atom is -0.493 e. The number of rotatable bonds is 4. The molecule has 4 heteroatoms. The molecule has 0 aliphatic carbocycles. The monoisotopic (exact) mass is 200 g/mol. The van der Waals surface area contributed by atoms with Crippen LogP contribution in [0.3, 0.4) is 0 Å². The lowest BCUT2D eigenvalue weighted by molar-refractivity contribution is 0.0532. The first-order valence-electron chi connectivity index (χ1n) is 4.16. The summed E-state index contributed by atoms with van der Waals surface area (Å²) < 4.78 is 10.1. The van der Waals surface area contributed by atoms with Crippen molar-refractivity contribution in [3.8, 4) is 5.75 Å². The van der Waals surface area contributed by atoms with Gasteiger partial charge < -0.3 is 9.47 Å². The summed E-state index contributed by atoms with van der Waals surface area (Å²) in [4.78, 5) is 11.8. The Morgan fingerprint density at radius 2 is 2.23 bits per heavy atom. The fourth-order valence-corrected chi connectivity index (χ4v) is 1.59. The zero-order valence-corrected chi connectivity index (χ0v) is 8.52. The first kappa shape index (κ1) is 10.1. The van der Waals surface area contributed by atoms with E-state index in [9.17, 15) is 4.79 Å². The van der Waals surface area contributed by atoms with Crippen molar-refractivity contribution in [2.24, 2.45) is 0 Å². The summed E-state index contributed by atoms with van der Waals surface area (Å²) in [6.45, 7) is 4.70. The van der Waals surface area contributed by atoms with Gasteiger partial charge in [-0.25, -0.2) is 4.79 Å². The van der Waals surface area contributed by atoms with E-state index in [-0.39, 0.29) is 5.97 Å². The Hall–Kier alpha value is -1.03. The minimum absolute atomic E-state index is 0.279. The van der Waals surface area contributed by atoms with Crippen LogP contribution in [0.2, 0.25) is 0 Å². The number of esters is 1. The molecule has 1 aromatic rings. The molecule has 0 amide bonds. The van der Waals surface area contributed by atoms with E-state index < -0.39 is 0 Å². The SMILES string of the molecule is CCOC(=O)c1cc(OCC)cs1. The van der Waals surface area contributed by atoms with Crippen LogP contribution >= 0.6 is 11.3 Å². The van der Waals surface area contributed by atoms with Crippen molar-refractivity contribution in [3.05, 3.63) is 16.3 Å². The molecule has 0 aliphatic heterocycles. The van der Waals surface area contributed by atoms with Gasteiger partial charge in [0.1, 0.15) is 10.6 Å². The van der Waals surface area contributed by atoms with Gasteiger partial charge in [0.25, 0.3) is 0 Å². The van der Waals surface area contributed by atoms with E-state index in [1.165, 1.54) is 11.3 Å². The summed E-state index contributed by atoms with van der Waals surface area (Å²) in [5, 5.41) is 1.80. The Labute approximate surface area is 81.3 Å². The summed E-state index contributed by atoms with van der Waals surface area (Å²) in [7, 11) is 0. The molecule has 0 bridgehead atoms. The lowest BCUT2D eigenvalue weighted by Crippen LogP contribution is -2.01. The Bertz CT molecular complexity index is 280. The van der Waals surface area contributed by atoms with E-state index >= 15 is 0 Å². The van der Waals surface area contributed by atoms with E-state index in [4.69, 9.17) is 9.47 Å². The third-order valence-electron chi connectivity index (χ3n) is 1.36. The van der Waals surface area contributed by atoms with Gasteiger partial charge in [-0.1, -0.05) is 0 Å². The van der Waals surface area contributed by atoms with Crippen molar-refractivity contribution in [3.63, 3.8) is 0 Å². The fraction of sp³-hybridized carbons (Fsp3) is 0.444. The van der Waals surface area contributed by atoms with E-state index in [2.05, 4.69) is 0 Å². The molecule has 0 aromatic carbocycles. The van der Waals surface area contributed by atoms with Crippen LogP contribution in [0.25, 0.3) is 0 Å². The number of ether oxygens (including phenoxy) is 2. The second-order valence-electron chi connectivity index (χ2n) is 2.30. The van der Waals surface area contributed by atoms with Crippen molar-refractivity contribution in [2.75, 3.05) is 13.2 Å². The molecule has 0 saturated heterocycles. The Balaban J connectivity index is 2.62. The van der Waals surface area contributed by atoms with Gasteiger partial charge >= 0.3 is 5.97 Å². The molecule has 0 fully saturated rings. The summed E-state index contributed by atoms with van der Waals surface area (Å²) >= 11 is 1.34. The molecule has 0 atom stereocenters. The largest absolute Gasteiger partial charge is 0.493 e. The number of thiophene rings is 1. The van der Waals surface area contributed by atoms with Crippen LogP contribution in [0.4, 0.5) is 0 Å². The zero-order chi connectivity index (χ0) is 9.68. The highest BCUT2D eigenvalue weighted by Gasteiger charge is 2.09. The van der Waals surface area contributed by atoms with Crippen molar-refractivity contribution in [1.82, 2.24) is 0 Å². The lowest BCUT2D eigenvalue weighted by atomic mass is 10.4. The van der Waals surface area contributed by atoms with Crippen LogP contribution in [-0.2, 0) is 4.74 Å². The van der Waals surface area contributed by atoms with E-state index in [0.29, 0.717) is 18.1 Å². The summed E-state index contributed by atoms with van der Waals surface area (Å²) in [5.41, 5.74) is 0. The number of carbonyl (C=O) groups excluding carboxylic acids is 1.